The van der Waals surface area contributed by atoms with Crippen LogP contribution in [-0.4, -0.2) is 16.5 Å². The second kappa shape index (κ2) is 10.8. The van der Waals surface area contributed by atoms with Crippen LogP contribution in [0.25, 0.3) is 11.4 Å². The van der Waals surface area contributed by atoms with Gasteiger partial charge in [-0.15, -0.1) is 0 Å². The minimum atomic E-state index is 0.732. The molecule has 0 spiro atoms. The molecule has 0 radical (unpaired) electrons. The predicted octanol–water partition coefficient (Wildman–Crippen LogP) is 7.14. The molecule has 0 unspecified atom stereocenters. The summed E-state index contributed by atoms with van der Waals surface area (Å²) in [5.41, 5.74) is 6.09. The maximum absolute atomic E-state index is 6.59. The molecular formula is C27H33ClN4. The summed E-state index contributed by atoms with van der Waals surface area (Å²) in [5.74, 6) is 2.47. The quantitative estimate of drug-likeness (QED) is 0.327. The molecule has 0 atom stereocenters. The SMILES string of the molecule is CCCc1ccc(Cl)c(NCc2ccc(-c3nccc(NCC4CC4)n3)cc2)c1CCC. The van der Waals surface area contributed by atoms with E-state index in [1.54, 1.807) is 0 Å². The molecular weight excluding hydrogens is 416 g/mol. The van der Waals surface area contributed by atoms with Gasteiger partial charge in [-0.25, -0.2) is 9.97 Å². The third kappa shape index (κ3) is 5.80. The number of anilines is 2. The number of benzene rings is 2. The third-order valence-corrected chi connectivity index (χ3v) is 6.30. The van der Waals surface area contributed by atoms with Crippen LogP contribution in [0.3, 0.4) is 0 Å². The molecule has 2 aromatic carbocycles. The molecule has 0 saturated heterocycles. The van der Waals surface area contributed by atoms with Gasteiger partial charge < -0.3 is 10.6 Å². The summed E-state index contributed by atoms with van der Waals surface area (Å²) in [7, 11) is 0. The Labute approximate surface area is 196 Å². The van der Waals surface area contributed by atoms with E-state index in [0.29, 0.717) is 0 Å². The first kappa shape index (κ1) is 22.6. The molecule has 2 N–H and O–H groups in total. The van der Waals surface area contributed by atoms with Crippen LogP contribution in [0.2, 0.25) is 5.02 Å². The summed E-state index contributed by atoms with van der Waals surface area (Å²) in [6.07, 6.45) is 8.86. The van der Waals surface area contributed by atoms with E-state index < -0.39 is 0 Å². The summed E-state index contributed by atoms with van der Waals surface area (Å²) in [4.78, 5) is 9.14. The number of nitrogens with one attached hydrogen (secondary N) is 2. The molecule has 4 rings (SSSR count). The van der Waals surface area contributed by atoms with Gasteiger partial charge in [0.05, 0.1) is 10.7 Å². The number of nitrogens with zero attached hydrogens (tertiary/aromatic N) is 2. The van der Waals surface area contributed by atoms with Gasteiger partial charge >= 0.3 is 0 Å². The fourth-order valence-corrected chi connectivity index (χ4v) is 4.27. The number of hydrogen-bond acceptors (Lipinski definition) is 4. The Kier molecular flexibility index (Phi) is 7.64. The van der Waals surface area contributed by atoms with Crippen molar-refractivity contribution in [2.24, 2.45) is 5.92 Å². The molecule has 1 aliphatic rings. The standard InChI is InChI=1S/C27H33ClN4/c1-3-5-21-13-14-24(28)26(23(21)6-4-2)31-18-20-9-11-22(12-10-20)27-29-16-15-25(32-27)30-17-19-7-8-19/h9-16,19,31H,3-8,17-18H2,1-2H3,(H,29,30,32). The average molecular weight is 449 g/mol. The summed E-state index contributed by atoms with van der Waals surface area (Å²) < 4.78 is 0. The molecule has 1 aromatic heterocycles. The molecule has 168 valence electrons. The highest BCUT2D eigenvalue weighted by molar-refractivity contribution is 6.33. The molecule has 0 amide bonds. The van der Waals surface area contributed by atoms with Crippen LogP contribution < -0.4 is 10.6 Å². The van der Waals surface area contributed by atoms with Crippen molar-refractivity contribution < 1.29 is 0 Å². The highest BCUT2D eigenvalue weighted by Gasteiger charge is 2.20. The van der Waals surface area contributed by atoms with Crippen LogP contribution >= 0.6 is 11.6 Å². The molecule has 1 saturated carbocycles. The first-order valence-corrected chi connectivity index (χ1v) is 12.3. The molecule has 1 heterocycles. The molecule has 0 aliphatic heterocycles. The van der Waals surface area contributed by atoms with Gasteiger partial charge in [0.15, 0.2) is 5.82 Å². The number of halogens is 1. The zero-order chi connectivity index (χ0) is 22.3. The lowest BCUT2D eigenvalue weighted by Crippen LogP contribution is -2.06. The lowest BCUT2D eigenvalue weighted by atomic mass is 9.97. The van der Waals surface area contributed by atoms with Gasteiger partial charge in [-0.2, -0.15) is 0 Å². The number of aryl methyl sites for hydroxylation is 1. The van der Waals surface area contributed by atoms with Gasteiger partial charge in [0.2, 0.25) is 0 Å². The predicted molar refractivity (Wildman–Crippen MR) is 135 cm³/mol. The Balaban J connectivity index is 1.44. The number of rotatable bonds is 11. The van der Waals surface area contributed by atoms with Crippen LogP contribution in [0.4, 0.5) is 11.5 Å². The van der Waals surface area contributed by atoms with Crippen molar-refractivity contribution in [2.75, 3.05) is 17.2 Å². The summed E-state index contributed by atoms with van der Waals surface area (Å²) in [5, 5.41) is 7.84. The first-order valence-electron chi connectivity index (χ1n) is 11.9. The summed E-state index contributed by atoms with van der Waals surface area (Å²) in [6, 6.07) is 14.6. The van der Waals surface area contributed by atoms with E-state index in [1.165, 1.54) is 29.5 Å². The topological polar surface area (TPSA) is 49.8 Å². The monoisotopic (exact) mass is 448 g/mol. The highest BCUT2D eigenvalue weighted by Crippen LogP contribution is 2.32. The van der Waals surface area contributed by atoms with Crippen LogP contribution in [0, 0.1) is 5.92 Å². The zero-order valence-electron chi connectivity index (χ0n) is 19.1. The van der Waals surface area contributed by atoms with Crippen molar-refractivity contribution in [3.63, 3.8) is 0 Å². The highest BCUT2D eigenvalue weighted by atomic mass is 35.5. The van der Waals surface area contributed by atoms with Crippen LogP contribution in [-0.2, 0) is 19.4 Å². The van der Waals surface area contributed by atoms with Gasteiger partial charge in [0.1, 0.15) is 5.82 Å². The second-order valence-electron chi connectivity index (χ2n) is 8.70. The van der Waals surface area contributed by atoms with E-state index in [9.17, 15) is 0 Å². The second-order valence-corrected chi connectivity index (χ2v) is 9.11. The maximum Gasteiger partial charge on any atom is 0.161 e. The van der Waals surface area contributed by atoms with Crippen molar-refractivity contribution in [3.05, 3.63) is 70.4 Å². The molecule has 4 nitrogen and oxygen atoms in total. The Bertz CT molecular complexity index is 1030. The van der Waals surface area contributed by atoms with Gasteiger partial charge in [0, 0.05) is 24.8 Å². The first-order chi connectivity index (χ1) is 15.7. The van der Waals surface area contributed by atoms with Crippen molar-refractivity contribution in [3.8, 4) is 11.4 Å². The minimum Gasteiger partial charge on any atom is -0.380 e. The molecule has 32 heavy (non-hydrogen) atoms. The number of aromatic nitrogens is 2. The Hall–Kier alpha value is -2.59. The Morgan fingerprint density at radius 1 is 0.938 bits per heavy atom. The molecule has 1 fully saturated rings. The lowest BCUT2D eigenvalue weighted by Gasteiger charge is -2.18. The van der Waals surface area contributed by atoms with Crippen LogP contribution in [0.1, 0.15) is 56.2 Å². The van der Waals surface area contributed by atoms with E-state index in [0.717, 1.165) is 72.6 Å². The minimum absolute atomic E-state index is 0.732. The fourth-order valence-electron chi connectivity index (χ4n) is 4.02. The summed E-state index contributed by atoms with van der Waals surface area (Å²) in [6.45, 7) is 6.18. The third-order valence-electron chi connectivity index (χ3n) is 5.98. The molecule has 5 heteroatoms. The molecule has 0 bridgehead atoms. The van der Waals surface area contributed by atoms with E-state index in [1.807, 2.05) is 18.3 Å². The van der Waals surface area contributed by atoms with Crippen LogP contribution in [0.5, 0.6) is 0 Å². The van der Waals surface area contributed by atoms with Gasteiger partial charge in [-0.05, 0) is 60.4 Å². The average Bonchev–Trinajstić information content (AvgIpc) is 3.65. The summed E-state index contributed by atoms with van der Waals surface area (Å²) >= 11 is 6.59. The normalized spacial score (nSPS) is 13.2. The van der Waals surface area contributed by atoms with E-state index >= 15 is 0 Å². The Morgan fingerprint density at radius 2 is 1.72 bits per heavy atom. The Morgan fingerprint density at radius 3 is 2.44 bits per heavy atom. The molecule has 3 aromatic rings. The lowest BCUT2D eigenvalue weighted by molar-refractivity contribution is 0.860. The van der Waals surface area contributed by atoms with Gasteiger partial charge in [-0.3, -0.25) is 0 Å². The van der Waals surface area contributed by atoms with E-state index in [-0.39, 0.29) is 0 Å². The maximum atomic E-state index is 6.59. The zero-order valence-corrected chi connectivity index (χ0v) is 19.9. The van der Waals surface area contributed by atoms with Crippen molar-refractivity contribution in [2.45, 2.75) is 58.9 Å². The van der Waals surface area contributed by atoms with Crippen molar-refractivity contribution in [1.82, 2.24) is 9.97 Å². The van der Waals surface area contributed by atoms with Gasteiger partial charge in [-0.1, -0.05) is 68.6 Å². The van der Waals surface area contributed by atoms with Gasteiger partial charge in [0.25, 0.3) is 0 Å². The molecule has 1 aliphatic carbocycles. The largest absolute Gasteiger partial charge is 0.380 e. The smallest absolute Gasteiger partial charge is 0.161 e. The van der Waals surface area contributed by atoms with Crippen molar-refractivity contribution in [1.29, 1.82) is 0 Å². The van der Waals surface area contributed by atoms with Crippen molar-refractivity contribution >= 4 is 23.1 Å². The van der Waals surface area contributed by atoms with Crippen LogP contribution in [0.15, 0.2) is 48.7 Å². The number of hydrogen-bond donors (Lipinski definition) is 2. The van der Waals surface area contributed by atoms with E-state index in [2.05, 4.69) is 64.8 Å². The fraction of sp³-hybridized carbons (Fsp3) is 0.407. The van der Waals surface area contributed by atoms with E-state index in [4.69, 9.17) is 11.6 Å².